The van der Waals surface area contributed by atoms with Crippen LogP contribution in [0.3, 0.4) is 0 Å². The normalized spacial score (nSPS) is 24.9. The number of carbonyl (C=O) groups excluding carboxylic acids is 2. The van der Waals surface area contributed by atoms with Gasteiger partial charge in [-0.15, -0.1) is 0 Å². The molecule has 0 aliphatic carbocycles. The minimum atomic E-state index is -0.394. The third-order valence-corrected chi connectivity index (χ3v) is 5.71. The zero-order valence-corrected chi connectivity index (χ0v) is 15.8. The molecular formula is C22H23FN2O3. The van der Waals surface area contributed by atoms with Gasteiger partial charge in [-0.3, -0.25) is 14.5 Å². The quantitative estimate of drug-likeness (QED) is 0.763. The number of esters is 1. The number of nitrogens with zero attached hydrogens (tertiary/aromatic N) is 2. The average molecular weight is 382 g/mol. The van der Waals surface area contributed by atoms with Crippen molar-refractivity contribution < 1.29 is 18.7 Å². The van der Waals surface area contributed by atoms with Crippen LogP contribution in [0.5, 0.6) is 0 Å². The summed E-state index contributed by atoms with van der Waals surface area (Å²) in [5.41, 5.74) is 1.52. The van der Waals surface area contributed by atoms with Crippen molar-refractivity contribution in [3.05, 3.63) is 71.5 Å². The van der Waals surface area contributed by atoms with E-state index in [2.05, 4.69) is 0 Å². The predicted octanol–water partition coefficient (Wildman–Crippen LogP) is 2.77. The van der Waals surface area contributed by atoms with Crippen LogP contribution in [0.2, 0.25) is 0 Å². The lowest BCUT2D eigenvalue weighted by atomic mass is 9.93. The summed E-state index contributed by atoms with van der Waals surface area (Å²) in [7, 11) is 1.38. The molecule has 2 aliphatic heterocycles. The molecule has 4 rings (SSSR count). The fraction of sp³-hybridized carbons (Fsp3) is 0.364. The molecule has 146 valence electrons. The maximum Gasteiger partial charge on any atom is 0.311 e. The summed E-state index contributed by atoms with van der Waals surface area (Å²) in [5, 5.41) is 0. The number of rotatable bonds is 4. The van der Waals surface area contributed by atoms with E-state index in [9.17, 15) is 14.0 Å². The topological polar surface area (TPSA) is 49.9 Å². The van der Waals surface area contributed by atoms with Crippen LogP contribution in [0.1, 0.15) is 23.6 Å². The highest BCUT2D eigenvalue weighted by molar-refractivity contribution is 5.83. The van der Waals surface area contributed by atoms with E-state index in [4.69, 9.17) is 4.74 Å². The molecule has 2 aromatic carbocycles. The molecular weight excluding hydrogens is 359 g/mol. The first-order valence-corrected chi connectivity index (χ1v) is 9.48. The average Bonchev–Trinajstić information content (AvgIpc) is 3.10. The molecule has 0 spiro atoms. The van der Waals surface area contributed by atoms with Crippen LogP contribution in [0.25, 0.3) is 0 Å². The molecule has 0 saturated carbocycles. The number of piperazine rings is 1. The number of methoxy groups -OCH3 is 1. The highest BCUT2D eigenvalue weighted by Crippen LogP contribution is 2.43. The van der Waals surface area contributed by atoms with Gasteiger partial charge in [-0.25, -0.2) is 4.39 Å². The number of hydrogen-bond acceptors (Lipinski definition) is 4. The first-order chi connectivity index (χ1) is 13.6. The van der Waals surface area contributed by atoms with Gasteiger partial charge in [0.25, 0.3) is 0 Å². The first kappa shape index (κ1) is 18.6. The van der Waals surface area contributed by atoms with Gasteiger partial charge >= 0.3 is 5.97 Å². The molecule has 0 unspecified atom stereocenters. The van der Waals surface area contributed by atoms with Crippen molar-refractivity contribution in [2.45, 2.75) is 25.0 Å². The van der Waals surface area contributed by atoms with Crippen LogP contribution in [0.4, 0.5) is 4.39 Å². The van der Waals surface area contributed by atoms with Gasteiger partial charge in [-0.2, -0.15) is 0 Å². The smallest absolute Gasteiger partial charge is 0.311 e. The van der Waals surface area contributed by atoms with Crippen LogP contribution < -0.4 is 0 Å². The van der Waals surface area contributed by atoms with E-state index in [1.165, 1.54) is 13.2 Å². The maximum absolute atomic E-state index is 14.0. The van der Waals surface area contributed by atoms with Crippen molar-refractivity contribution >= 4 is 11.9 Å². The van der Waals surface area contributed by atoms with E-state index >= 15 is 0 Å². The Bertz CT molecular complexity index is 873. The number of ether oxygens (including phenoxy) is 1. The number of benzene rings is 2. The monoisotopic (exact) mass is 382 g/mol. The summed E-state index contributed by atoms with van der Waals surface area (Å²) in [5.74, 6) is -0.988. The van der Waals surface area contributed by atoms with Crippen molar-refractivity contribution in [1.82, 2.24) is 9.80 Å². The van der Waals surface area contributed by atoms with Gasteiger partial charge in [0.2, 0.25) is 5.91 Å². The summed E-state index contributed by atoms with van der Waals surface area (Å²) in [6, 6.07) is 15.8. The molecule has 1 amide bonds. The highest BCUT2D eigenvalue weighted by atomic mass is 19.1. The Hall–Kier alpha value is -2.73. The van der Waals surface area contributed by atoms with E-state index in [0.29, 0.717) is 25.1 Å². The summed E-state index contributed by atoms with van der Waals surface area (Å²) in [4.78, 5) is 29.3. The lowest BCUT2D eigenvalue weighted by Crippen LogP contribution is -2.54. The summed E-state index contributed by atoms with van der Waals surface area (Å²) in [6.07, 6.45) is 0.547. The number of amides is 1. The second-order valence-electron chi connectivity index (χ2n) is 7.44. The Morgan fingerprint density at radius 1 is 1.14 bits per heavy atom. The molecule has 2 heterocycles. The number of halogens is 1. The third kappa shape index (κ3) is 3.40. The molecule has 2 aromatic rings. The molecule has 0 aromatic heterocycles. The zero-order chi connectivity index (χ0) is 19.7. The summed E-state index contributed by atoms with van der Waals surface area (Å²) >= 11 is 0. The van der Waals surface area contributed by atoms with Gasteiger partial charge in [-0.1, -0.05) is 48.5 Å². The number of fused-ring (bicyclic) bond motifs is 1. The Balaban J connectivity index is 1.59. The van der Waals surface area contributed by atoms with Crippen LogP contribution in [-0.2, 0) is 20.9 Å². The molecule has 2 saturated heterocycles. The molecule has 2 aliphatic rings. The Kier molecular flexibility index (Phi) is 5.13. The molecule has 0 N–H and O–H groups in total. The minimum absolute atomic E-state index is 0.0344. The van der Waals surface area contributed by atoms with E-state index < -0.39 is 5.92 Å². The molecule has 2 fully saturated rings. The summed E-state index contributed by atoms with van der Waals surface area (Å²) in [6.45, 7) is 1.20. The van der Waals surface area contributed by atoms with Crippen LogP contribution in [0.15, 0.2) is 54.6 Å². The third-order valence-electron chi connectivity index (χ3n) is 5.71. The van der Waals surface area contributed by atoms with E-state index in [-0.39, 0.29) is 36.3 Å². The maximum atomic E-state index is 14.0. The second-order valence-corrected chi connectivity index (χ2v) is 7.44. The number of carbonyl (C=O) groups is 2. The Labute approximate surface area is 163 Å². The molecule has 6 heteroatoms. The van der Waals surface area contributed by atoms with Gasteiger partial charge < -0.3 is 9.64 Å². The molecule has 0 bridgehead atoms. The van der Waals surface area contributed by atoms with Gasteiger partial charge in [0, 0.05) is 24.7 Å². The van der Waals surface area contributed by atoms with Crippen LogP contribution in [0, 0.1) is 11.7 Å². The van der Waals surface area contributed by atoms with E-state index in [1.54, 1.807) is 18.2 Å². The van der Waals surface area contributed by atoms with Gasteiger partial charge in [0.15, 0.2) is 0 Å². The Morgan fingerprint density at radius 2 is 1.86 bits per heavy atom. The second kappa shape index (κ2) is 7.72. The minimum Gasteiger partial charge on any atom is -0.469 e. The van der Waals surface area contributed by atoms with Crippen molar-refractivity contribution in [2.75, 3.05) is 20.2 Å². The van der Waals surface area contributed by atoms with Crippen molar-refractivity contribution in [1.29, 1.82) is 0 Å². The van der Waals surface area contributed by atoms with Crippen molar-refractivity contribution in [2.24, 2.45) is 5.92 Å². The number of hydrogen-bond donors (Lipinski definition) is 0. The zero-order valence-electron chi connectivity index (χ0n) is 15.8. The van der Waals surface area contributed by atoms with Crippen LogP contribution in [-0.4, -0.2) is 47.9 Å². The van der Waals surface area contributed by atoms with Gasteiger partial charge in [-0.05, 0) is 18.1 Å². The fourth-order valence-corrected chi connectivity index (χ4v) is 4.52. The molecule has 0 radical (unpaired) electrons. The van der Waals surface area contributed by atoms with E-state index in [1.807, 2.05) is 40.1 Å². The Morgan fingerprint density at radius 3 is 2.57 bits per heavy atom. The lowest BCUT2D eigenvalue weighted by molar-refractivity contribution is -0.147. The van der Waals surface area contributed by atoms with Gasteiger partial charge in [0.05, 0.1) is 25.6 Å². The summed E-state index contributed by atoms with van der Waals surface area (Å²) < 4.78 is 19.0. The van der Waals surface area contributed by atoms with Crippen LogP contribution >= 0.6 is 0 Å². The largest absolute Gasteiger partial charge is 0.469 e. The molecule has 3 atom stereocenters. The standard InChI is InChI=1S/C22H23FN2O3/c1-28-22(27)18-11-17-13-24(12-16-9-5-6-10-19(16)23)14-20(26)25(17)21(18)15-7-3-2-4-8-15/h2-10,17-18,21H,11-14H2,1H3/t17-,18-,21-/m0/s1. The fourth-order valence-electron chi connectivity index (χ4n) is 4.52. The van der Waals surface area contributed by atoms with Crippen molar-refractivity contribution in [3.8, 4) is 0 Å². The SMILES string of the molecule is COC(=O)[C@H]1C[C@H]2CN(Cc3ccccc3F)CC(=O)N2[C@H]1c1ccccc1. The lowest BCUT2D eigenvalue weighted by Gasteiger charge is -2.40. The first-order valence-electron chi connectivity index (χ1n) is 9.48. The molecule has 5 nitrogen and oxygen atoms in total. The van der Waals surface area contributed by atoms with E-state index in [0.717, 1.165) is 5.56 Å². The van der Waals surface area contributed by atoms with Gasteiger partial charge in [0.1, 0.15) is 5.82 Å². The van der Waals surface area contributed by atoms with Crippen molar-refractivity contribution in [3.63, 3.8) is 0 Å². The highest BCUT2D eigenvalue weighted by Gasteiger charge is 2.50. The molecule has 28 heavy (non-hydrogen) atoms. The predicted molar refractivity (Wildman–Crippen MR) is 102 cm³/mol.